The van der Waals surface area contributed by atoms with Gasteiger partial charge in [0, 0.05) is 10.2 Å². The third kappa shape index (κ3) is 5.88. The maximum absolute atomic E-state index is 12.1. The molecule has 0 radical (unpaired) electrons. The molecule has 1 amide bonds. The Bertz CT molecular complexity index is 737. The van der Waals surface area contributed by atoms with E-state index in [-0.39, 0.29) is 19.1 Å². The summed E-state index contributed by atoms with van der Waals surface area (Å²) < 4.78 is 11.2. The molecule has 2 rings (SSSR count). The predicted octanol–water partition coefficient (Wildman–Crippen LogP) is 4.13. The summed E-state index contributed by atoms with van der Waals surface area (Å²) in [5.41, 5.74) is 2.93. The van der Waals surface area contributed by atoms with Crippen molar-refractivity contribution in [2.24, 2.45) is 0 Å². The molecule has 0 saturated heterocycles. The lowest BCUT2D eigenvalue weighted by Crippen LogP contribution is -2.24. The van der Waals surface area contributed by atoms with Gasteiger partial charge in [0.05, 0.1) is 0 Å². The largest absolute Gasteiger partial charge is 0.482 e. The Morgan fingerprint density at radius 3 is 2.15 bits per heavy atom. The van der Waals surface area contributed by atoms with Crippen LogP contribution in [-0.2, 0) is 27.2 Å². The molecule has 0 heterocycles. The summed E-state index contributed by atoms with van der Waals surface area (Å²) >= 11 is 3.32. The number of carbonyl (C=O) groups is 2. The van der Waals surface area contributed by atoms with Gasteiger partial charge >= 0.3 is 5.97 Å². The summed E-state index contributed by atoms with van der Waals surface area (Å²) in [7, 11) is 0. The molecule has 0 saturated carbocycles. The van der Waals surface area contributed by atoms with E-state index in [1.54, 1.807) is 12.1 Å². The maximum Gasteiger partial charge on any atom is 0.344 e. The fourth-order valence-corrected chi connectivity index (χ4v) is 2.70. The van der Waals surface area contributed by atoms with Gasteiger partial charge in [-0.25, -0.2) is 4.79 Å². The van der Waals surface area contributed by atoms with Crippen molar-refractivity contribution >= 4 is 33.5 Å². The third-order valence-electron chi connectivity index (χ3n) is 3.80. The highest BCUT2D eigenvalue weighted by Gasteiger charge is 2.12. The highest BCUT2D eigenvalue weighted by atomic mass is 79.9. The van der Waals surface area contributed by atoms with Gasteiger partial charge in [0.2, 0.25) is 0 Å². The van der Waals surface area contributed by atoms with E-state index in [2.05, 4.69) is 21.2 Å². The predicted molar refractivity (Wildman–Crippen MR) is 104 cm³/mol. The molecular weight excluding hydrogens is 398 g/mol. The van der Waals surface area contributed by atoms with Crippen molar-refractivity contribution in [3.05, 3.63) is 58.1 Å². The van der Waals surface area contributed by atoms with Gasteiger partial charge in [-0.15, -0.1) is 0 Å². The number of esters is 1. The molecule has 0 aliphatic rings. The van der Waals surface area contributed by atoms with Gasteiger partial charge in [-0.3, -0.25) is 4.79 Å². The minimum Gasteiger partial charge on any atom is -0.482 e. The van der Waals surface area contributed by atoms with Gasteiger partial charge in [-0.1, -0.05) is 48.0 Å². The summed E-state index contributed by atoms with van der Waals surface area (Å²) in [6.45, 7) is 3.47. The first-order valence-corrected chi connectivity index (χ1v) is 9.27. The van der Waals surface area contributed by atoms with E-state index in [9.17, 15) is 9.59 Å². The van der Waals surface area contributed by atoms with E-state index in [0.29, 0.717) is 5.75 Å². The first-order valence-electron chi connectivity index (χ1n) is 8.48. The van der Waals surface area contributed by atoms with Crippen LogP contribution in [0.25, 0.3) is 0 Å². The second kappa shape index (κ2) is 9.97. The monoisotopic (exact) mass is 419 g/mol. The molecule has 0 aromatic heterocycles. The van der Waals surface area contributed by atoms with Gasteiger partial charge in [0.25, 0.3) is 5.91 Å². The standard InChI is InChI=1S/C20H22BrNO4/c1-3-14-6-5-7-15(4-2)20(14)22-18(23)12-26-19(24)13-25-17-10-8-16(21)9-11-17/h5-11H,3-4,12-13H2,1-2H3,(H,22,23). The normalized spacial score (nSPS) is 10.3. The highest BCUT2D eigenvalue weighted by molar-refractivity contribution is 9.10. The Kier molecular flexibility index (Phi) is 7.66. The zero-order valence-electron chi connectivity index (χ0n) is 14.9. The fourth-order valence-electron chi connectivity index (χ4n) is 2.44. The first-order chi connectivity index (χ1) is 12.5. The number of nitrogens with one attached hydrogen (secondary N) is 1. The lowest BCUT2D eigenvalue weighted by Gasteiger charge is -2.14. The molecule has 5 nitrogen and oxygen atoms in total. The van der Waals surface area contributed by atoms with Crippen LogP contribution in [0.15, 0.2) is 46.9 Å². The molecule has 0 aliphatic carbocycles. The molecule has 1 N–H and O–H groups in total. The van der Waals surface area contributed by atoms with Crippen LogP contribution in [0, 0.1) is 0 Å². The van der Waals surface area contributed by atoms with E-state index < -0.39 is 5.97 Å². The van der Waals surface area contributed by atoms with Crippen LogP contribution in [0.5, 0.6) is 5.75 Å². The molecule has 2 aromatic rings. The fraction of sp³-hybridized carbons (Fsp3) is 0.300. The Morgan fingerprint density at radius 2 is 1.58 bits per heavy atom. The smallest absolute Gasteiger partial charge is 0.344 e. The van der Waals surface area contributed by atoms with Gasteiger partial charge in [0.1, 0.15) is 5.75 Å². The second-order valence-electron chi connectivity index (χ2n) is 5.61. The molecule has 138 valence electrons. The Labute approximate surface area is 161 Å². The molecule has 0 atom stereocenters. The number of para-hydroxylation sites is 1. The number of aryl methyl sites for hydroxylation is 2. The number of hydrogen-bond donors (Lipinski definition) is 1. The number of anilines is 1. The van der Waals surface area contributed by atoms with Crippen molar-refractivity contribution in [2.75, 3.05) is 18.5 Å². The zero-order valence-corrected chi connectivity index (χ0v) is 16.5. The van der Waals surface area contributed by atoms with E-state index in [1.807, 2.05) is 44.2 Å². The number of amides is 1. The summed E-state index contributed by atoms with van der Waals surface area (Å²) in [6, 6.07) is 13.0. The minimum absolute atomic E-state index is 0.249. The molecular formula is C20H22BrNO4. The number of benzene rings is 2. The summed E-state index contributed by atoms with van der Waals surface area (Å²) in [5, 5.41) is 2.85. The molecule has 0 bridgehead atoms. The zero-order chi connectivity index (χ0) is 18.9. The molecule has 6 heteroatoms. The van der Waals surface area contributed by atoms with E-state index in [4.69, 9.17) is 9.47 Å². The SMILES string of the molecule is CCc1cccc(CC)c1NC(=O)COC(=O)COc1ccc(Br)cc1. The van der Waals surface area contributed by atoms with E-state index in [1.165, 1.54) is 0 Å². The van der Waals surface area contributed by atoms with Gasteiger partial charge < -0.3 is 14.8 Å². The molecule has 0 fully saturated rings. The number of halogens is 1. The lowest BCUT2D eigenvalue weighted by atomic mass is 10.0. The van der Waals surface area contributed by atoms with Crippen molar-refractivity contribution in [1.29, 1.82) is 0 Å². The second-order valence-corrected chi connectivity index (χ2v) is 6.53. The Morgan fingerprint density at radius 1 is 0.962 bits per heavy atom. The summed E-state index contributed by atoms with van der Waals surface area (Å²) in [6.07, 6.45) is 1.62. The van der Waals surface area contributed by atoms with Crippen molar-refractivity contribution in [2.45, 2.75) is 26.7 Å². The van der Waals surface area contributed by atoms with E-state index >= 15 is 0 Å². The summed E-state index contributed by atoms with van der Waals surface area (Å²) in [4.78, 5) is 23.9. The van der Waals surface area contributed by atoms with E-state index in [0.717, 1.165) is 34.1 Å². The first kappa shape index (κ1) is 20.0. The summed E-state index contributed by atoms with van der Waals surface area (Å²) in [5.74, 6) is -0.404. The number of rotatable bonds is 8. The highest BCUT2D eigenvalue weighted by Crippen LogP contribution is 2.22. The van der Waals surface area contributed by atoms with Crippen LogP contribution < -0.4 is 10.1 Å². The molecule has 0 spiro atoms. The van der Waals surface area contributed by atoms with Crippen LogP contribution in [-0.4, -0.2) is 25.1 Å². The number of carbonyl (C=O) groups excluding carboxylic acids is 2. The van der Waals surface area contributed by atoms with Crippen LogP contribution in [0.3, 0.4) is 0 Å². The molecule has 0 unspecified atom stereocenters. The van der Waals surface area contributed by atoms with Crippen LogP contribution in [0.1, 0.15) is 25.0 Å². The number of hydrogen-bond acceptors (Lipinski definition) is 4. The Balaban J connectivity index is 1.83. The van der Waals surface area contributed by atoms with Crippen LogP contribution >= 0.6 is 15.9 Å². The van der Waals surface area contributed by atoms with Crippen molar-refractivity contribution < 1.29 is 19.1 Å². The van der Waals surface area contributed by atoms with Crippen LogP contribution in [0.2, 0.25) is 0 Å². The average Bonchev–Trinajstić information content (AvgIpc) is 2.66. The molecule has 0 aliphatic heterocycles. The lowest BCUT2D eigenvalue weighted by molar-refractivity contribution is -0.149. The third-order valence-corrected chi connectivity index (χ3v) is 4.33. The van der Waals surface area contributed by atoms with Crippen LogP contribution in [0.4, 0.5) is 5.69 Å². The van der Waals surface area contributed by atoms with Crippen molar-refractivity contribution in [3.63, 3.8) is 0 Å². The minimum atomic E-state index is -0.595. The van der Waals surface area contributed by atoms with Gasteiger partial charge in [-0.2, -0.15) is 0 Å². The Hall–Kier alpha value is -2.34. The van der Waals surface area contributed by atoms with Crippen molar-refractivity contribution in [3.8, 4) is 5.75 Å². The van der Waals surface area contributed by atoms with Gasteiger partial charge in [-0.05, 0) is 48.2 Å². The number of ether oxygens (including phenoxy) is 2. The quantitative estimate of drug-likeness (QED) is 0.653. The van der Waals surface area contributed by atoms with Crippen molar-refractivity contribution in [1.82, 2.24) is 0 Å². The topological polar surface area (TPSA) is 64.6 Å². The molecule has 26 heavy (non-hydrogen) atoms. The molecule has 2 aromatic carbocycles. The maximum atomic E-state index is 12.1. The van der Waals surface area contributed by atoms with Gasteiger partial charge in [0.15, 0.2) is 13.2 Å². The average molecular weight is 420 g/mol.